The van der Waals surface area contributed by atoms with Crippen LogP contribution in [0.4, 0.5) is 0 Å². The number of thiophene rings is 1. The summed E-state index contributed by atoms with van der Waals surface area (Å²) in [5.74, 6) is -0.786. The monoisotopic (exact) mass is 274 g/mol. The largest absolute Gasteiger partial charge is 0.389 e. The van der Waals surface area contributed by atoms with E-state index in [0.717, 1.165) is 4.88 Å². The number of ether oxygens (including phenoxy) is 1. The molecule has 102 valence electrons. The zero-order valence-corrected chi connectivity index (χ0v) is 10.7. The minimum atomic E-state index is -1.23. The summed E-state index contributed by atoms with van der Waals surface area (Å²) in [5.41, 5.74) is 4.87. The average molecular weight is 274 g/mol. The fourth-order valence-corrected chi connectivity index (χ4v) is 1.88. The molecule has 0 aliphatic heterocycles. The highest BCUT2D eigenvalue weighted by molar-refractivity contribution is 7.09. The topological polar surface area (TPSA) is 105 Å². The van der Waals surface area contributed by atoms with Gasteiger partial charge in [0.15, 0.2) is 0 Å². The number of nitrogens with two attached hydrogens (primary N) is 1. The second kappa shape index (κ2) is 8.17. The maximum Gasteiger partial charge on any atom is 0.247 e. The van der Waals surface area contributed by atoms with Gasteiger partial charge in [-0.3, -0.25) is 4.79 Å². The lowest BCUT2D eigenvalue weighted by Crippen LogP contribution is -2.40. The fraction of sp³-hybridized carbons (Fsp3) is 0.545. The number of carbonyl (C=O) groups excluding carboxylic acids is 1. The second-order valence-electron chi connectivity index (χ2n) is 3.82. The van der Waals surface area contributed by atoms with Crippen LogP contribution < -0.4 is 11.1 Å². The first kappa shape index (κ1) is 15.1. The minimum absolute atomic E-state index is 0.0251. The van der Waals surface area contributed by atoms with E-state index in [0.29, 0.717) is 6.61 Å². The van der Waals surface area contributed by atoms with Crippen LogP contribution in [-0.2, 0) is 16.1 Å². The van der Waals surface area contributed by atoms with Gasteiger partial charge in [0.2, 0.25) is 5.91 Å². The number of nitrogens with one attached hydrogen (secondary N) is 1. The first-order valence-corrected chi connectivity index (χ1v) is 6.44. The van der Waals surface area contributed by atoms with Crippen molar-refractivity contribution in [2.45, 2.75) is 18.8 Å². The summed E-state index contributed by atoms with van der Waals surface area (Å²) in [6.07, 6.45) is -1.92. The number of hydrogen-bond donors (Lipinski definition) is 4. The molecule has 1 heterocycles. The SMILES string of the molecule is NC(=O)C(O)CNCC(O)COCc1cccs1. The molecule has 0 bridgehead atoms. The number of amides is 1. The van der Waals surface area contributed by atoms with Crippen LogP contribution in [0.2, 0.25) is 0 Å². The van der Waals surface area contributed by atoms with Crippen LogP contribution in [0.15, 0.2) is 17.5 Å². The third-order valence-corrected chi connectivity index (χ3v) is 3.03. The van der Waals surface area contributed by atoms with Crippen molar-refractivity contribution in [2.24, 2.45) is 5.73 Å². The number of carbonyl (C=O) groups is 1. The van der Waals surface area contributed by atoms with E-state index < -0.39 is 18.1 Å². The van der Waals surface area contributed by atoms with Gasteiger partial charge >= 0.3 is 0 Å². The molecule has 5 N–H and O–H groups in total. The Bertz CT molecular complexity index is 345. The lowest BCUT2D eigenvalue weighted by Gasteiger charge is -2.13. The van der Waals surface area contributed by atoms with E-state index in [9.17, 15) is 9.90 Å². The Labute approximate surface area is 109 Å². The highest BCUT2D eigenvalue weighted by atomic mass is 32.1. The Kier molecular flexibility index (Phi) is 6.84. The number of aliphatic hydroxyl groups is 2. The molecule has 0 radical (unpaired) electrons. The van der Waals surface area contributed by atoms with Gasteiger partial charge in [0.25, 0.3) is 0 Å². The Morgan fingerprint density at radius 1 is 1.50 bits per heavy atom. The summed E-state index contributed by atoms with van der Waals surface area (Å²) < 4.78 is 5.31. The Hall–Kier alpha value is -0.990. The van der Waals surface area contributed by atoms with Crippen molar-refractivity contribution in [3.8, 4) is 0 Å². The van der Waals surface area contributed by atoms with E-state index in [1.54, 1.807) is 11.3 Å². The second-order valence-corrected chi connectivity index (χ2v) is 4.86. The van der Waals surface area contributed by atoms with E-state index in [1.165, 1.54) is 0 Å². The molecule has 1 amide bonds. The molecule has 2 unspecified atom stereocenters. The van der Waals surface area contributed by atoms with Gasteiger partial charge in [-0.1, -0.05) is 6.07 Å². The Morgan fingerprint density at radius 3 is 2.89 bits per heavy atom. The molecule has 0 saturated heterocycles. The number of rotatable bonds is 9. The summed E-state index contributed by atoms with van der Waals surface area (Å²) >= 11 is 1.59. The summed E-state index contributed by atoms with van der Waals surface area (Å²) in [6, 6.07) is 3.89. The Balaban J connectivity index is 2.03. The van der Waals surface area contributed by atoms with E-state index in [-0.39, 0.29) is 19.7 Å². The molecule has 1 aromatic rings. The summed E-state index contributed by atoms with van der Waals surface area (Å²) in [6.45, 7) is 0.919. The number of aliphatic hydroxyl groups excluding tert-OH is 2. The van der Waals surface area contributed by atoms with Gasteiger partial charge in [-0.2, -0.15) is 0 Å². The van der Waals surface area contributed by atoms with Gasteiger partial charge < -0.3 is 26.0 Å². The summed E-state index contributed by atoms with van der Waals surface area (Å²) in [5, 5.41) is 23.3. The highest BCUT2D eigenvalue weighted by Crippen LogP contribution is 2.09. The Morgan fingerprint density at radius 2 is 2.28 bits per heavy atom. The average Bonchev–Trinajstić information content (AvgIpc) is 2.81. The summed E-state index contributed by atoms with van der Waals surface area (Å²) in [7, 11) is 0. The minimum Gasteiger partial charge on any atom is -0.389 e. The van der Waals surface area contributed by atoms with Crippen molar-refractivity contribution < 1.29 is 19.7 Å². The molecule has 0 saturated carbocycles. The highest BCUT2D eigenvalue weighted by Gasteiger charge is 2.11. The van der Waals surface area contributed by atoms with Gasteiger partial charge in [0.1, 0.15) is 6.10 Å². The van der Waals surface area contributed by atoms with Crippen LogP contribution in [0.25, 0.3) is 0 Å². The van der Waals surface area contributed by atoms with E-state index in [4.69, 9.17) is 15.6 Å². The number of primary amides is 1. The quantitative estimate of drug-likeness (QED) is 0.465. The molecular formula is C11H18N2O4S. The molecular weight excluding hydrogens is 256 g/mol. The molecule has 0 spiro atoms. The van der Waals surface area contributed by atoms with E-state index in [2.05, 4.69) is 5.32 Å². The normalized spacial score (nSPS) is 14.3. The molecule has 0 fully saturated rings. The predicted octanol–water partition coefficient (Wildman–Crippen LogP) is -0.939. The van der Waals surface area contributed by atoms with Crippen LogP contribution in [0.5, 0.6) is 0 Å². The molecule has 6 nitrogen and oxygen atoms in total. The van der Waals surface area contributed by atoms with Gasteiger partial charge in [0.05, 0.1) is 19.3 Å². The first-order valence-electron chi connectivity index (χ1n) is 5.56. The van der Waals surface area contributed by atoms with Gasteiger partial charge in [-0.15, -0.1) is 11.3 Å². The molecule has 1 rings (SSSR count). The lowest BCUT2D eigenvalue weighted by molar-refractivity contribution is -0.125. The molecule has 7 heteroatoms. The lowest BCUT2D eigenvalue weighted by atomic mass is 10.3. The maximum atomic E-state index is 10.5. The molecule has 2 atom stereocenters. The zero-order chi connectivity index (χ0) is 13.4. The molecule has 0 aromatic carbocycles. The van der Waals surface area contributed by atoms with E-state index in [1.807, 2.05) is 17.5 Å². The third-order valence-electron chi connectivity index (χ3n) is 2.18. The van der Waals surface area contributed by atoms with Crippen LogP contribution >= 0.6 is 11.3 Å². The fourth-order valence-electron chi connectivity index (χ4n) is 1.24. The van der Waals surface area contributed by atoms with Crippen molar-refractivity contribution in [2.75, 3.05) is 19.7 Å². The van der Waals surface area contributed by atoms with Crippen LogP contribution in [-0.4, -0.2) is 48.0 Å². The third kappa shape index (κ3) is 6.08. The molecule has 0 aliphatic rings. The van der Waals surface area contributed by atoms with Crippen molar-refractivity contribution >= 4 is 17.2 Å². The van der Waals surface area contributed by atoms with Crippen LogP contribution in [0.1, 0.15) is 4.88 Å². The van der Waals surface area contributed by atoms with Crippen molar-refractivity contribution in [1.82, 2.24) is 5.32 Å². The van der Waals surface area contributed by atoms with Crippen LogP contribution in [0.3, 0.4) is 0 Å². The van der Waals surface area contributed by atoms with Crippen LogP contribution in [0, 0.1) is 0 Å². The van der Waals surface area contributed by atoms with Crippen molar-refractivity contribution in [3.63, 3.8) is 0 Å². The molecule has 0 aliphatic carbocycles. The summed E-state index contributed by atoms with van der Waals surface area (Å²) in [4.78, 5) is 11.6. The van der Waals surface area contributed by atoms with Gasteiger partial charge in [0, 0.05) is 18.0 Å². The maximum absolute atomic E-state index is 10.5. The molecule has 1 aromatic heterocycles. The molecule has 18 heavy (non-hydrogen) atoms. The van der Waals surface area contributed by atoms with Gasteiger partial charge in [-0.25, -0.2) is 0 Å². The zero-order valence-electron chi connectivity index (χ0n) is 9.91. The first-order chi connectivity index (χ1) is 8.59. The predicted molar refractivity (Wildman–Crippen MR) is 68.1 cm³/mol. The van der Waals surface area contributed by atoms with E-state index >= 15 is 0 Å². The smallest absolute Gasteiger partial charge is 0.247 e. The number of hydrogen-bond acceptors (Lipinski definition) is 6. The van der Waals surface area contributed by atoms with Gasteiger partial charge in [-0.05, 0) is 11.4 Å². The van der Waals surface area contributed by atoms with Crippen molar-refractivity contribution in [1.29, 1.82) is 0 Å². The van der Waals surface area contributed by atoms with Crippen molar-refractivity contribution in [3.05, 3.63) is 22.4 Å². The standard InChI is InChI=1S/C11H18N2O4S/c12-11(16)10(15)5-13-4-8(14)6-17-7-9-2-1-3-18-9/h1-3,8,10,13-15H,4-7H2,(H2,12,16).